The summed E-state index contributed by atoms with van der Waals surface area (Å²) < 4.78 is 0. The number of hydrogen-bond donors (Lipinski definition) is 0. The smallest absolute Gasteiger partial charge is 0.232 e. The highest BCUT2D eigenvalue weighted by molar-refractivity contribution is 8.00. The Morgan fingerprint density at radius 2 is 1.64 bits per heavy atom. The summed E-state index contributed by atoms with van der Waals surface area (Å²) in [5.74, 6) is 0.696. The first-order chi connectivity index (χ1) is 12.1. The molecule has 1 fully saturated rings. The Bertz CT molecular complexity index is 719. The molecule has 2 aromatic rings. The fraction of sp³-hybridized carbons (Fsp3) is 0.286. The third kappa shape index (κ3) is 4.90. The lowest BCUT2D eigenvalue weighted by Gasteiger charge is -2.28. The molecule has 4 heteroatoms. The Hall–Kier alpha value is -1.71. The Balaban J connectivity index is 1.71. The molecule has 0 N–H and O–H groups in total. The molecule has 2 nitrogen and oxygen atoms in total. The van der Waals surface area contributed by atoms with Gasteiger partial charge in [0.1, 0.15) is 0 Å². The number of halogens is 1. The highest BCUT2D eigenvalue weighted by atomic mass is 35.5. The summed E-state index contributed by atoms with van der Waals surface area (Å²) in [7, 11) is 0. The summed E-state index contributed by atoms with van der Waals surface area (Å²) in [6.45, 7) is 5.62. The summed E-state index contributed by atoms with van der Waals surface area (Å²) in [5.41, 5.74) is 3.62. The maximum Gasteiger partial charge on any atom is 0.232 e. The summed E-state index contributed by atoms with van der Waals surface area (Å²) in [6, 6.07) is 18.2. The first-order valence-corrected chi connectivity index (χ1v) is 9.92. The maximum atomic E-state index is 12.6. The van der Waals surface area contributed by atoms with E-state index in [1.807, 2.05) is 47.4 Å². The Morgan fingerprint density at radius 3 is 2.28 bits per heavy atom. The summed E-state index contributed by atoms with van der Waals surface area (Å²) in [6.07, 6.45) is 1.85. The molecule has 1 saturated heterocycles. The van der Waals surface area contributed by atoms with Crippen LogP contribution in [0.5, 0.6) is 0 Å². The van der Waals surface area contributed by atoms with Crippen LogP contribution in [0.25, 0.3) is 0 Å². The van der Waals surface area contributed by atoms with E-state index >= 15 is 0 Å². The molecule has 1 amide bonds. The van der Waals surface area contributed by atoms with E-state index in [-0.39, 0.29) is 11.2 Å². The van der Waals surface area contributed by atoms with Gasteiger partial charge in [0.15, 0.2) is 0 Å². The second-order valence-electron chi connectivity index (χ2n) is 6.28. The van der Waals surface area contributed by atoms with Gasteiger partial charge in [-0.3, -0.25) is 4.79 Å². The number of amides is 1. The van der Waals surface area contributed by atoms with Crippen molar-refractivity contribution in [3.63, 3.8) is 0 Å². The molecule has 0 radical (unpaired) electrons. The zero-order valence-electron chi connectivity index (χ0n) is 14.2. The first kappa shape index (κ1) is 18.1. The molecule has 1 unspecified atom stereocenters. The lowest BCUT2D eigenvalue weighted by molar-refractivity contribution is -0.128. The van der Waals surface area contributed by atoms with Crippen LogP contribution >= 0.6 is 23.4 Å². The van der Waals surface area contributed by atoms with E-state index in [0.717, 1.165) is 31.0 Å². The van der Waals surface area contributed by atoms with Crippen LogP contribution in [0.15, 0.2) is 66.7 Å². The van der Waals surface area contributed by atoms with Crippen LogP contribution in [0.3, 0.4) is 0 Å². The van der Waals surface area contributed by atoms with E-state index < -0.39 is 0 Å². The van der Waals surface area contributed by atoms with Crippen LogP contribution < -0.4 is 0 Å². The second-order valence-corrected chi connectivity index (χ2v) is 7.81. The zero-order chi connectivity index (χ0) is 17.6. The van der Waals surface area contributed by atoms with E-state index in [4.69, 9.17) is 11.6 Å². The van der Waals surface area contributed by atoms with Crippen molar-refractivity contribution in [2.45, 2.75) is 18.1 Å². The fourth-order valence-corrected chi connectivity index (χ4v) is 4.29. The number of piperidine rings is 1. The van der Waals surface area contributed by atoms with Crippen molar-refractivity contribution in [3.8, 4) is 0 Å². The van der Waals surface area contributed by atoms with Gasteiger partial charge < -0.3 is 4.90 Å². The molecule has 25 heavy (non-hydrogen) atoms. The van der Waals surface area contributed by atoms with Crippen molar-refractivity contribution in [3.05, 3.63) is 82.9 Å². The number of carbonyl (C=O) groups is 1. The number of benzene rings is 2. The number of carbonyl (C=O) groups excluding carboxylic acids is 1. The number of thioether (sulfide) groups is 1. The number of nitrogens with zero attached hydrogens (tertiary/aromatic N) is 1. The number of likely N-dealkylation sites (tertiary alicyclic amines) is 1. The second kappa shape index (κ2) is 8.59. The van der Waals surface area contributed by atoms with Crippen LogP contribution in [0.4, 0.5) is 0 Å². The first-order valence-electron chi connectivity index (χ1n) is 8.50. The molecule has 0 aromatic heterocycles. The van der Waals surface area contributed by atoms with Gasteiger partial charge in [-0.2, -0.15) is 0 Å². The van der Waals surface area contributed by atoms with E-state index in [1.165, 1.54) is 16.7 Å². The summed E-state index contributed by atoms with van der Waals surface area (Å²) in [4.78, 5) is 14.5. The molecule has 2 aromatic carbocycles. The molecule has 1 atom stereocenters. The molecular formula is C21H22ClNOS. The molecule has 130 valence electrons. The predicted octanol–water partition coefficient (Wildman–Crippen LogP) is 5.34. The average Bonchev–Trinajstić information content (AvgIpc) is 2.64. The number of rotatable bonds is 5. The van der Waals surface area contributed by atoms with Gasteiger partial charge in [0, 0.05) is 18.1 Å². The fourth-order valence-electron chi connectivity index (χ4n) is 2.97. The molecule has 3 rings (SSSR count). The van der Waals surface area contributed by atoms with Crippen LogP contribution in [-0.2, 0) is 4.79 Å². The monoisotopic (exact) mass is 371 g/mol. The van der Waals surface area contributed by atoms with E-state index in [0.29, 0.717) is 5.75 Å². The van der Waals surface area contributed by atoms with Gasteiger partial charge in [0.2, 0.25) is 5.91 Å². The van der Waals surface area contributed by atoms with Gasteiger partial charge in [0.05, 0.1) is 11.0 Å². The number of hydrogen-bond acceptors (Lipinski definition) is 2. The van der Waals surface area contributed by atoms with Gasteiger partial charge >= 0.3 is 0 Å². The van der Waals surface area contributed by atoms with Gasteiger partial charge in [0.25, 0.3) is 0 Å². The van der Waals surface area contributed by atoms with E-state index in [9.17, 15) is 4.79 Å². The Morgan fingerprint density at radius 1 is 1.04 bits per heavy atom. The van der Waals surface area contributed by atoms with Crippen molar-refractivity contribution < 1.29 is 4.79 Å². The van der Waals surface area contributed by atoms with Crippen LogP contribution in [0, 0.1) is 0 Å². The highest BCUT2D eigenvalue weighted by Crippen LogP contribution is 2.36. The largest absolute Gasteiger partial charge is 0.341 e. The minimum absolute atomic E-state index is 0.127. The predicted molar refractivity (Wildman–Crippen MR) is 107 cm³/mol. The Labute approximate surface area is 158 Å². The van der Waals surface area contributed by atoms with Crippen LogP contribution in [0.2, 0.25) is 5.02 Å². The quantitative estimate of drug-likeness (QED) is 0.661. The highest BCUT2D eigenvalue weighted by Gasteiger charge is 2.21. The zero-order valence-corrected chi connectivity index (χ0v) is 15.7. The minimum atomic E-state index is 0.127. The molecule has 0 saturated carbocycles. The molecule has 0 aliphatic carbocycles. The molecule has 0 bridgehead atoms. The minimum Gasteiger partial charge on any atom is -0.341 e. The van der Waals surface area contributed by atoms with E-state index in [2.05, 4.69) is 18.7 Å². The SMILES string of the molecule is C=C1CCN(C(=O)CSC(c2ccccc2)c2ccc(Cl)cc2)CC1. The average molecular weight is 372 g/mol. The van der Waals surface area contributed by atoms with Crippen molar-refractivity contribution in [2.75, 3.05) is 18.8 Å². The third-order valence-electron chi connectivity index (χ3n) is 4.47. The molecule has 1 aliphatic heterocycles. The molecule has 1 aliphatic rings. The van der Waals surface area contributed by atoms with Crippen LogP contribution in [-0.4, -0.2) is 29.6 Å². The third-order valence-corrected chi connectivity index (χ3v) is 6.02. The van der Waals surface area contributed by atoms with Crippen molar-refractivity contribution in [1.82, 2.24) is 4.90 Å². The lowest BCUT2D eigenvalue weighted by Crippen LogP contribution is -2.37. The maximum absolute atomic E-state index is 12.6. The summed E-state index contributed by atoms with van der Waals surface area (Å²) >= 11 is 7.71. The van der Waals surface area contributed by atoms with Crippen molar-refractivity contribution in [2.24, 2.45) is 0 Å². The molecule has 0 spiro atoms. The molecule has 1 heterocycles. The Kier molecular flexibility index (Phi) is 6.22. The van der Waals surface area contributed by atoms with Gasteiger partial charge in [-0.25, -0.2) is 0 Å². The topological polar surface area (TPSA) is 20.3 Å². The van der Waals surface area contributed by atoms with Gasteiger partial charge in [-0.05, 0) is 36.1 Å². The van der Waals surface area contributed by atoms with Crippen molar-refractivity contribution >= 4 is 29.3 Å². The van der Waals surface area contributed by atoms with E-state index in [1.54, 1.807) is 11.8 Å². The summed E-state index contributed by atoms with van der Waals surface area (Å²) in [5, 5.41) is 0.854. The van der Waals surface area contributed by atoms with Gasteiger partial charge in [-0.1, -0.05) is 66.2 Å². The van der Waals surface area contributed by atoms with Crippen molar-refractivity contribution in [1.29, 1.82) is 0 Å². The molecular weight excluding hydrogens is 350 g/mol. The van der Waals surface area contributed by atoms with Crippen LogP contribution in [0.1, 0.15) is 29.2 Å². The lowest BCUT2D eigenvalue weighted by atomic mass is 10.0. The standard InChI is InChI=1S/C21H22ClNOS/c1-16-11-13-23(14-12-16)20(24)15-25-21(17-5-3-2-4-6-17)18-7-9-19(22)10-8-18/h2-10,21H,1,11-15H2. The van der Waals surface area contributed by atoms with Gasteiger partial charge in [-0.15, -0.1) is 11.8 Å². The normalized spacial score (nSPS) is 15.9.